The second kappa shape index (κ2) is 5.71. The van der Waals surface area contributed by atoms with Crippen molar-refractivity contribution in [3.05, 3.63) is 46.2 Å². The van der Waals surface area contributed by atoms with E-state index in [4.69, 9.17) is 0 Å². The van der Waals surface area contributed by atoms with E-state index in [2.05, 4.69) is 15.9 Å². The Bertz CT molecular complexity index is 649. The van der Waals surface area contributed by atoms with E-state index in [1.807, 2.05) is 33.2 Å². The zero-order valence-corrected chi connectivity index (χ0v) is 13.3. The first-order valence-corrected chi connectivity index (χ1v) is 7.16. The van der Waals surface area contributed by atoms with Crippen molar-refractivity contribution >= 4 is 27.5 Å². The quantitative estimate of drug-likeness (QED) is 0.932. The molecule has 2 rings (SSSR count). The van der Waals surface area contributed by atoms with E-state index in [1.54, 1.807) is 27.7 Å². The Morgan fingerprint density at radius 1 is 1.40 bits per heavy atom. The van der Waals surface area contributed by atoms with Crippen LogP contribution in [0.4, 0.5) is 5.69 Å². The number of phenols is 1. The van der Waals surface area contributed by atoms with E-state index in [1.165, 1.54) is 0 Å². The molecule has 0 spiro atoms. The molecule has 1 aromatic carbocycles. The smallest absolute Gasteiger partial charge is 0.274 e. The van der Waals surface area contributed by atoms with Crippen LogP contribution in [0.15, 0.2) is 34.9 Å². The molecule has 4 nitrogen and oxygen atoms in total. The van der Waals surface area contributed by atoms with Crippen molar-refractivity contribution < 1.29 is 9.90 Å². The molecule has 0 radical (unpaired) electrons. The topological polar surface area (TPSA) is 45.5 Å². The van der Waals surface area contributed by atoms with Crippen LogP contribution in [-0.4, -0.2) is 22.1 Å². The highest BCUT2D eigenvalue weighted by Crippen LogP contribution is 2.27. The Kier molecular flexibility index (Phi) is 4.18. The molecule has 0 unspecified atom stereocenters. The normalized spacial score (nSPS) is 10.6. The van der Waals surface area contributed by atoms with Crippen molar-refractivity contribution in [1.82, 2.24) is 4.57 Å². The third-order valence-corrected chi connectivity index (χ3v) is 3.67. The third kappa shape index (κ3) is 2.72. The molecule has 5 heteroatoms. The molecule has 1 amide bonds. The summed E-state index contributed by atoms with van der Waals surface area (Å²) in [5.74, 6) is 0.0688. The van der Waals surface area contributed by atoms with Gasteiger partial charge in [0.05, 0.1) is 5.69 Å². The maximum Gasteiger partial charge on any atom is 0.274 e. The van der Waals surface area contributed by atoms with Gasteiger partial charge in [0.25, 0.3) is 5.91 Å². The fourth-order valence-electron chi connectivity index (χ4n) is 2.19. The van der Waals surface area contributed by atoms with Crippen LogP contribution < -0.4 is 4.90 Å². The van der Waals surface area contributed by atoms with E-state index in [9.17, 15) is 9.90 Å². The number of hydrogen-bond donors (Lipinski definition) is 1. The summed E-state index contributed by atoms with van der Waals surface area (Å²) in [5.41, 5.74) is 2.28. The summed E-state index contributed by atoms with van der Waals surface area (Å²) in [6.45, 7) is 4.37. The summed E-state index contributed by atoms with van der Waals surface area (Å²) in [4.78, 5) is 14.3. The van der Waals surface area contributed by atoms with Crippen molar-refractivity contribution in [2.45, 2.75) is 13.8 Å². The van der Waals surface area contributed by atoms with Crippen molar-refractivity contribution in [3.63, 3.8) is 0 Å². The first kappa shape index (κ1) is 14.7. The van der Waals surface area contributed by atoms with Gasteiger partial charge >= 0.3 is 0 Å². The Balaban J connectivity index is 2.44. The number of anilines is 1. The van der Waals surface area contributed by atoms with E-state index in [-0.39, 0.29) is 11.7 Å². The van der Waals surface area contributed by atoms with Gasteiger partial charge in [0, 0.05) is 30.3 Å². The molecular formula is C15H17BrN2O2. The van der Waals surface area contributed by atoms with E-state index in [0.29, 0.717) is 12.2 Å². The second-order valence-electron chi connectivity index (χ2n) is 4.67. The highest BCUT2D eigenvalue weighted by molar-refractivity contribution is 9.10. The van der Waals surface area contributed by atoms with Crippen LogP contribution in [0.5, 0.6) is 5.75 Å². The zero-order chi connectivity index (χ0) is 14.9. The van der Waals surface area contributed by atoms with Gasteiger partial charge in [0.2, 0.25) is 0 Å². The summed E-state index contributed by atoms with van der Waals surface area (Å²) in [7, 11) is 1.83. The second-order valence-corrected chi connectivity index (χ2v) is 5.59. The van der Waals surface area contributed by atoms with Crippen LogP contribution in [-0.2, 0) is 7.05 Å². The molecule has 0 aliphatic rings. The van der Waals surface area contributed by atoms with Crippen molar-refractivity contribution in [1.29, 1.82) is 0 Å². The number of carbonyl (C=O) groups excluding carboxylic acids is 1. The number of phenolic OH excluding ortho intramolecular Hbond substituents is 1. The number of aromatic nitrogens is 1. The van der Waals surface area contributed by atoms with Crippen LogP contribution in [0.25, 0.3) is 0 Å². The standard InChI is InChI=1S/C15H17BrN2O2/c1-4-18(13-8-12(19)6-5-10(13)2)15(20)14-7-11(16)9-17(14)3/h5-9,19H,4H2,1-3H3. The van der Waals surface area contributed by atoms with E-state index < -0.39 is 0 Å². The molecule has 0 aliphatic heterocycles. The molecule has 0 bridgehead atoms. The maximum absolute atomic E-state index is 12.7. The van der Waals surface area contributed by atoms with Crippen LogP contribution >= 0.6 is 15.9 Å². The first-order chi connectivity index (χ1) is 9.43. The molecule has 0 saturated heterocycles. The largest absolute Gasteiger partial charge is 0.508 e. The van der Waals surface area contributed by atoms with Gasteiger partial charge < -0.3 is 14.6 Å². The van der Waals surface area contributed by atoms with Crippen molar-refractivity contribution in [2.75, 3.05) is 11.4 Å². The summed E-state index contributed by atoms with van der Waals surface area (Å²) in [6, 6.07) is 6.84. The van der Waals surface area contributed by atoms with Crippen LogP contribution in [0, 0.1) is 6.92 Å². The molecule has 2 aromatic rings. The lowest BCUT2D eigenvalue weighted by molar-refractivity contribution is 0.0980. The van der Waals surface area contributed by atoms with Crippen LogP contribution in [0.2, 0.25) is 0 Å². The van der Waals surface area contributed by atoms with Gasteiger partial charge in [-0.2, -0.15) is 0 Å². The lowest BCUT2D eigenvalue weighted by atomic mass is 10.1. The number of aryl methyl sites for hydroxylation is 2. The number of nitrogens with zero attached hydrogens (tertiary/aromatic N) is 2. The number of halogens is 1. The van der Waals surface area contributed by atoms with Gasteiger partial charge in [0.15, 0.2) is 0 Å². The molecule has 1 N–H and O–H groups in total. The van der Waals surface area contributed by atoms with Gasteiger partial charge in [-0.05, 0) is 47.5 Å². The number of hydrogen-bond acceptors (Lipinski definition) is 2. The fraction of sp³-hybridized carbons (Fsp3) is 0.267. The van der Waals surface area contributed by atoms with Crippen LogP contribution in [0.1, 0.15) is 23.0 Å². The van der Waals surface area contributed by atoms with Crippen molar-refractivity contribution in [2.24, 2.45) is 7.05 Å². The molecule has 0 aliphatic carbocycles. The number of rotatable bonds is 3. The van der Waals surface area contributed by atoms with Gasteiger partial charge in [-0.15, -0.1) is 0 Å². The summed E-state index contributed by atoms with van der Waals surface area (Å²) in [6.07, 6.45) is 1.84. The number of aromatic hydroxyl groups is 1. The maximum atomic E-state index is 12.7. The minimum atomic E-state index is -0.0885. The monoisotopic (exact) mass is 336 g/mol. The average Bonchev–Trinajstić information content (AvgIpc) is 2.73. The minimum Gasteiger partial charge on any atom is -0.508 e. The molecule has 20 heavy (non-hydrogen) atoms. The Labute approximate surface area is 126 Å². The Morgan fingerprint density at radius 2 is 2.10 bits per heavy atom. The third-order valence-electron chi connectivity index (χ3n) is 3.24. The van der Waals surface area contributed by atoms with Gasteiger partial charge in [-0.1, -0.05) is 6.07 Å². The highest BCUT2D eigenvalue weighted by Gasteiger charge is 2.21. The fourth-order valence-corrected chi connectivity index (χ4v) is 2.71. The van der Waals surface area contributed by atoms with Crippen LogP contribution in [0.3, 0.4) is 0 Å². The summed E-state index contributed by atoms with van der Waals surface area (Å²) >= 11 is 3.37. The van der Waals surface area contributed by atoms with Crippen molar-refractivity contribution in [3.8, 4) is 5.75 Å². The molecule has 1 heterocycles. The Morgan fingerprint density at radius 3 is 2.65 bits per heavy atom. The lowest BCUT2D eigenvalue weighted by Gasteiger charge is -2.23. The molecule has 106 valence electrons. The van der Waals surface area contributed by atoms with Gasteiger partial charge in [-0.25, -0.2) is 0 Å². The zero-order valence-electron chi connectivity index (χ0n) is 11.7. The van der Waals surface area contributed by atoms with Gasteiger partial charge in [0.1, 0.15) is 11.4 Å². The number of benzene rings is 1. The lowest BCUT2D eigenvalue weighted by Crippen LogP contribution is -2.32. The SMILES string of the molecule is CCN(C(=O)c1cc(Br)cn1C)c1cc(O)ccc1C. The predicted molar refractivity (Wildman–Crippen MR) is 83.3 cm³/mol. The minimum absolute atomic E-state index is 0.0885. The first-order valence-electron chi connectivity index (χ1n) is 6.37. The summed E-state index contributed by atoms with van der Waals surface area (Å²) < 4.78 is 2.65. The summed E-state index contributed by atoms with van der Waals surface area (Å²) in [5, 5.41) is 9.64. The van der Waals surface area contributed by atoms with E-state index >= 15 is 0 Å². The average molecular weight is 337 g/mol. The molecule has 0 atom stereocenters. The predicted octanol–water partition coefficient (Wildman–Crippen LogP) is 3.47. The molecule has 0 saturated carbocycles. The van der Waals surface area contributed by atoms with E-state index in [0.717, 1.165) is 15.7 Å². The molecule has 0 fully saturated rings. The number of carbonyl (C=O) groups is 1. The number of amides is 1. The molecule has 1 aromatic heterocycles. The van der Waals surface area contributed by atoms with Gasteiger partial charge in [-0.3, -0.25) is 4.79 Å². The highest BCUT2D eigenvalue weighted by atomic mass is 79.9. The Hall–Kier alpha value is -1.75. The molecular weight excluding hydrogens is 320 g/mol.